The minimum atomic E-state index is 0.696. The van der Waals surface area contributed by atoms with Gasteiger partial charge in [0.15, 0.2) is 0 Å². The summed E-state index contributed by atoms with van der Waals surface area (Å²) in [6.45, 7) is 2.25. The van der Waals surface area contributed by atoms with E-state index < -0.39 is 0 Å². The molecule has 0 unspecified atom stereocenters. The van der Waals surface area contributed by atoms with Gasteiger partial charge in [0.1, 0.15) is 0 Å². The Morgan fingerprint density at radius 1 is 0.867 bits per heavy atom. The molecular weight excluding hydrogens is 182 g/mol. The molecule has 0 aliphatic heterocycles. The molecule has 0 bridgehead atoms. The Bertz CT molecular complexity index is 176. The van der Waals surface area contributed by atoms with Gasteiger partial charge in [-0.1, -0.05) is 51.2 Å². The van der Waals surface area contributed by atoms with Gasteiger partial charge in [0.25, 0.3) is 0 Å². The SMILES string of the molecule is CCCCCCCC/C=C/CCCC#N. The predicted octanol–water partition coefficient (Wildman–Crippen LogP) is 4.99. The Kier molecular flexibility index (Phi) is 12.6. The van der Waals surface area contributed by atoms with Crippen molar-refractivity contribution in [2.75, 3.05) is 0 Å². The highest BCUT2D eigenvalue weighted by atomic mass is 14.2. The quantitative estimate of drug-likeness (QED) is 0.366. The number of nitrogens with zero attached hydrogens (tertiary/aromatic N) is 1. The number of hydrogen-bond donors (Lipinski definition) is 0. The Labute approximate surface area is 95.2 Å². The third-order valence-electron chi connectivity index (χ3n) is 2.55. The van der Waals surface area contributed by atoms with E-state index in [4.69, 9.17) is 5.26 Å². The summed E-state index contributed by atoms with van der Waals surface area (Å²) in [5.74, 6) is 0. The second kappa shape index (κ2) is 13.2. The van der Waals surface area contributed by atoms with Gasteiger partial charge in [0.05, 0.1) is 6.07 Å². The van der Waals surface area contributed by atoms with Crippen LogP contribution in [0.1, 0.15) is 71.1 Å². The highest BCUT2D eigenvalue weighted by molar-refractivity contribution is 4.82. The number of hydrogen-bond acceptors (Lipinski definition) is 1. The van der Waals surface area contributed by atoms with Crippen LogP contribution >= 0.6 is 0 Å². The first-order chi connectivity index (χ1) is 7.41. The molecule has 1 nitrogen and oxygen atoms in total. The summed E-state index contributed by atoms with van der Waals surface area (Å²) in [6.07, 6.45) is 16.7. The summed E-state index contributed by atoms with van der Waals surface area (Å²) in [6, 6.07) is 2.16. The van der Waals surface area contributed by atoms with Crippen molar-refractivity contribution >= 4 is 0 Å². The lowest BCUT2D eigenvalue weighted by molar-refractivity contribution is 0.611. The topological polar surface area (TPSA) is 23.8 Å². The molecule has 0 heterocycles. The molecule has 0 aromatic heterocycles. The highest BCUT2D eigenvalue weighted by Gasteiger charge is 1.88. The average molecular weight is 207 g/mol. The Hall–Kier alpha value is -0.770. The van der Waals surface area contributed by atoms with E-state index in [9.17, 15) is 0 Å². The Balaban J connectivity index is 3.00. The fraction of sp³-hybridized carbons (Fsp3) is 0.786. The molecule has 0 aromatic carbocycles. The lowest BCUT2D eigenvalue weighted by atomic mass is 10.1. The monoisotopic (exact) mass is 207 g/mol. The Morgan fingerprint density at radius 2 is 1.47 bits per heavy atom. The van der Waals surface area contributed by atoms with Crippen LogP contribution in [0.2, 0.25) is 0 Å². The van der Waals surface area contributed by atoms with Crippen LogP contribution in [0.5, 0.6) is 0 Å². The minimum Gasteiger partial charge on any atom is -0.198 e. The van der Waals surface area contributed by atoms with Crippen LogP contribution < -0.4 is 0 Å². The van der Waals surface area contributed by atoms with Crippen molar-refractivity contribution in [3.05, 3.63) is 12.2 Å². The lowest BCUT2D eigenvalue weighted by Crippen LogP contribution is -1.77. The van der Waals surface area contributed by atoms with E-state index in [1.807, 2.05) is 0 Å². The third-order valence-corrected chi connectivity index (χ3v) is 2.55. The molecule has 0 aliphatic rings. The second-order valence-corrected chi connectivity index (χ2v) is 4.08. The van der Waals surface area contributed by atoms with Gasteiger partial charge in [-0.2, -0.15) is 5.26 Å². The molecule has 0 fully saturated rings. The fourth-order valence-corrected chi connectivity index (χ4v) is 1.58. The van der Waals surface area contributed by atoms with Crippen molar-refractivity contribution in [1.29, 1.82) is 5.26 Å². The summed E-state index contributed by atoms with van der Waals surface area (Å²) < 4.78 is 0. The van der Waals surface area contributed by atoms with Crippen molar-refractivity contribution in [2.24, 2.45) is 0 Å². The lowest BCUT2D eigenvalue weighted by Gasteiger charge is -1.97. The van der Waals surface area contributed by atoms with E-state index >= 15 is 0 Å². The second-order valence-electron chi connectivity index (χ2n) is 4.08. The molecule has 0 rings (SSSR count). The van der Waals surface area contributed by atoms with Crippen LogP contribution in [0.4, 0.5) is 0 Å². The zero-order chi connectivity index (χ0) is 11.2. The fourth-order valence-electron chi connectivity index (χ4n) is 1.58. The number of nitriles is 1. The third kappa shape index (κ3) is 13.2. The molecule has 0 aliphatic carbocycles. The van der Waals surface area contributed by atoms with Gasteiger partial charge >= 0.3 is 0 Å². The first-order valence-corrected chi connectivity index (χ1v) is 6.43. The van der Waals surface area contributed by atoms with Crippen LogP contribution in [0.15, 0.2) is 12.2 Å². The number of unbranched alkanes of at least 4 members (excludes halogenated alkanes) is 8. The summed E-state index contributed by atoms with van der Waals surface area (Å²) in [5.41, 5.74) is 0. The molecule has 0 radical (unpaired) electrons. The minimum absolute atomic E-state index is 0.696. The van der Waals surface area contributed by atoms with E-state index in [2.05, 4.69) is 25.1 Å². The standard InChI is InChI=1S/C14H25N/c1-2-3-4-5-6-7-8-9-10-11-12-13-14-15/h9-10H,2-8,11-13H2,1H3/b10-9+. The van der Waals surface area contributed by atoms with Gasteiger partial charge in [-0.25, -0.2) is 0 Å². The normalized spacial score (nSPS) is 10.7. The maximum Gasteiger partial charge on any atom is 0.0621 e. The van der Waals surface area contributed by atoms with E-state index in [0.717, 1.165) is 12.8 Å². The molecule has 0 spiro atoms. The van der Waals surface area contributed by atoms with Crippen molar-refractivity contribution in [3.63, 3.8) is 0 Å². The van der Waals surface area contributed by atoms with Crippen LogP contribution in [0.25, 0.3) is 0 Å². The van der Waals surface area contributed by atoms with Gasteiger partial charge in [0, 0.05) is 6.42 Å². The van der Waals surface area contributed by atoms with Crippen LogP contribution in [0, 0.1) is 11.3 Å². The summed E-state index contributed by atoms with van der Waals surface area (Å²) in [7, 11) is 0. The molecule has 0 saturated heterocycles. The van der Waals surface area contributed by atoms with Crippen molar-refractivity contribution < 1.29 is 0 Å². The van der Waals surface area contributed by atoms with E-state index in [-0.39, 0.29) is 0 Å². The van der Waals surface area contributed by atoms with Crippen molar-refractivity contribution in [1.82, 2.24) is 0 Å². The smallest absolute Gasteiger partial charge is 0.0621 e. The van der Waals surface area contributed by atoms with E-state index in [0.29, 0.717) is 6.42 Å². The molecule has 0 N–H and O–H groups in total. The Morgan fingerprint density at radius 3 is 2.13 bits per heavy atom. The van der Waals surface area contributed by atoms with Gasteiger partial charge < -0.3 is 0 Å². The van der Waals surface area contributed by atoms with Crippen LogP contribution in [0.3, 0.4) is 0 Å². The number of allylic oxidation sites excluding steroid dienone is 2. The largest absolute Gasteiger partial charge is 0.198 e. The van der Waals surface area contributed by atoms with Gasteiger partial charge in [-0.05, 0) is 25.7 Å². The summed E-state index contributed by atoms with van der Waals surface area (Å²) in [4.78, 5) is 0. The molecule has 0 saturated carbocycles. The first kappa shape index (κ1) is 14.2. The molecule has 0 atom stereocenters. The van der Waals surface area contributed by atoms with E-state index in [1.165, 1.54) is 44.9 Å². The zero-order valence-corrected chi connectivity index (χ0v) is 10.2. The van der Waals surface area contributed by atoms with E-state index in [1.54, 1.807) is 0 Å². The van der Waals surface area contributed by atoms with Gasteiger partial charge in [-0.3, -0.25) is 0 Å². The molecule has 1 heteroatoms. The highest BCUT2D eigenvalue weighted by Crippen LogP contribution is 2.07. The molecular formula is C14H25N. The molecule has 15 heavy (non-hydrogen) atoms. The molecule has 0 amide bonds. The van der Waals surface area contributed by atoms with Gasteiger partial charge in [0.2, 0.25) is 0 Å². The van der Waals surface area contributed by atoms with Crippen LogP contribution in [-0.2, 0) is 0 Å². The van der Waals surface area contributed by atoms with Crippen molar-refractivity contribution in [3.8, 4) is 6.07 Å². The van der Waals surface area contributed by atoms with Crippen LogP contribution in [-0.4, -0.2) is 0 Å². The first-order valence-electron chi connectivity index (χ1n) is 6.43. The molecule has 86 valence electrons. The maximum atomic E-state index is 8.34. The average Bonchev–Trinajstić information content (AvgIpc) is 2.26. The zero-order valence-electron chi connectivity index (χ0n) is 10.2. The summed E-state index contributed by atoms with van der Waals surface area (Å²) in [5, 5.41) is 8.34. The van der Waals surface area contributed by atoms with Gasteiger partial charge in [-0.15, -0.1) is 0 Å². The number of rotatable bonds is 10. The predicted molar refractivity (Wildman–Crippen MR) is 66.6 cm³/mol. The van der Waals surface area contributed by atoms with Crippen molar-refractivity contribution in [2.45, 2.75) is 71.1 Å². The maximum absolute atomic E-state index is 8.34. The summed E-state index contributed by atoms with van der Waals surface area (Å²) >= 11 is 0. The molecule has 0 aromatic rings.